The maximum atomic E-state index is 4.50. The third kappa shape index (κ3) is 64.5. The number of aromatic nitrogens is 8. The van der Waals surface area contributed by atoms with E-state index in [0.29, 0.717) is 38.0 Å². The lowest BCUT2D eigenvalue weighted by atomic mass is 9.62. The van der Waals surface area contributed by atoms with Gasteiger partial charge in [0.05, 0.1) is 24.1 Å². The Morgan fingerprint density at radius 2 is 0.618 bits per heavy atom. The molecule has 3 aromatic rings. The fourth-order valence-electron chi connectivity index (χ4n) is 18.6. The lowest BCUT2D eigenvalue weighted by Crippen LogP contribution is -2.64. The highest BCUT2D eigenvalue weighted by molar-refractivity contribution is 5.25. The third-order valence-corrected chi connectivity index (χ3v) is 27.4. The fourth-order valence-corrected chi connectivity index (χ4v) is 18.6. The summed E-state index contributed by atoms with van der Waals surface area (Å²) in [5, 5.41) is 35.0. The molecule has 6 aliphatic heterocycles. The fraction of sp³-hybridized carbons (Fsp3) is 0.920. The number of piperazine rings is 4. The molecule has 1 spiro atoms. The van der Waals surface area contributed by atoms with Gasteiger partial charge in [-0.1, -0.05) is 278 Å². The van der Waals surface area contributed by atoms with Crippen molar-refractivity contribution in [2.24, 2.45) is 48.7 Å². The summed E-state index contributed by atoms with van der Waals surface area (Å²) < 4.78 is 6.06. The van der Waals surface area contributed by atoms with Crippen molar-refractivity contribution >= 4 is 0 Å². The Bertz CT molecular complexity index is 3300. The number of hydrogen-bond donors (Lipinski definition) is 4. The second-order valence-electron chi connectivity index (χ2n) is 52.1. The first kappa shape index (κ1) is 120. The van der Waals surface area contributed by atoms with Crippen LogP contribution >= 0.6 is 0 Å². The van der Waals surface area contributed by atoms with E-state index in [1.165, 1.54) is 394 Å². The van der Waals surface area contributed by atoms with Crippen LogP contribution in [-0.2, 0) is 37.9 Å². The number of piperidine rings is 1. The van der Waals surface area contributed by atoms with Gasteiger partial charge in [-0.3, -0.25) is 18.9 Å². The molecular weight excluding hydrogens is 1610 g/mol. The molecule has 0 bridgehead atoms. The van der Waals surface area contributed by atoms with E-state index in [4.69, 9.17) is 0 Å². The average Bonchev–Trinajstić information content (AvgIpc) is 1.67. The minimum Gasteiger partial charge on any atom is -0.314 e. The molecule has 6 saturated heterocycles. The highest BCUT2D eigenvalue weighted by Crippen LogP contribution is 2.50. The van der Waals surface area contributed by atoms with Crippen molar-refractivity contribution in [2.45, 2.75) is 462 Å². The van der Waals surface area contributed by atoms with Gasteiger partial charge < -0.3 is 45.8 Å². The van der Waals surface area contributed by atoms with Crippen LogP contribution in [0.4, 0.5) is 0 Å². The van der Waals surface area contributed by atoms with Crippen LogP contribution in [0.3, 0.4) is 0 Å². The van der Waals surface area contributed by atoms with E-state index >= 15 is 0 Å². The summed E-state index contributed by atoms with van der Waals surface area (Å²) >= 11 is 0. The van der Waals surface area contributed by atoms with Crippen molar-refractivity contribution in [1.82, 2.24) is 90.4 Å². The molecule has 0 unspecified atom stereocenters. The summed E-state index contributed by atoms with van der Waals surface area (Å²) in [7, 11) is 0. The normalized spacial score (nSPS) is 18.6. The zero-order chi connectivity index (χ0) is 97.0. The van der Waals surface area contributed by atoms with Crippen molar-refractivity contribution in [2.75, 3.05) is 164 Å². The first-order valence-electron chi connectivity index (χ1n) is 54.9. The minimum absolute atomic E-state index is 0.0541. The summed E-state index contributed by atoms with van der Waals surface area (Å²) in [6, 6.07) is 0. The minimum atomic E-state index is -0.0541. The lowest BCUT2D eigenvalue weighted by molar-refractivity contribution is -0.104. The highest BCUT2D eigenvalue weighted by Gasteiger charge is 2.50. The lowest BCUT2D eigenvalue weighted by Gasteiger charge is -2.60. The van der Waals surface area contributed by atoms with Crippen LogP contribution in [0.1, 0.15) is 436 Å². The van der Waals surface area contributed by atoms with Crippen LogP contribution in [0.25, 0.3) is 0 Å². The van der Waals surface area contributed by atoms with Gasteiger partial charge in [0.15, 0.2) is 0 Å². The molecule has 18 nitrogen and oxygen atoms in total. The molecule has 8 aliphatic rings. The predicted octanol–water partition coefficient (Wildman–Crippen LogP) is 24.8. The molecule has 18 heteroatoms. The third-order valence-electron chi connectivity index (χ3n) is 27.4. The molecule has 2 aliphatic carbocycles. The van der Waals surface area contributed by atoms with Gasteiger partial charge in [0.2, 0.25) is 0 Å². The molecule has 11 rings (SSSR count). The molecule has 0 amide bonds. The van der Waals surface area contributed by atoms with Crippen LogP contribution in [-0.4, -0.2) is 238 Å². The molecule has 2 saturated carbocycles. The molecule has 0 radical (unpaired) electrons. The molecule has 4 N–H and O–H groups in total. The van der Waals surface area contributed by atoms with Crippen LogP contribution in [0.5, 0.6) is 0 Å². The van der Waals surface area contributed by atoms with Crippen LogP contribution in [0.15, 0.2) is 24.8 Å². The van der Waals surface area contributed by atoms with Crippen LogP contribution < -0.4 is 21.3 Å². The maximum Gasteiger partial charge on any atom is 0.0832 e. The quantitative estimate of drug-likeness (QED) is 0.0316. The van der Waals surface area contributed by atoms with Gasteiger partial charge in [-0.15, -0.1) is 16.1 Å². The maximum absolute atomic E-state index is 4.50. The van der Waals surface area contributed by atoms with Crippen molar-refractivity contribution in [3.05, 3.63) is 41.7 Å². The summed E-state index contributed by atoms with van der Waals surface area (Å²) in [5.41, 5.74) is 8.37. The molecule has 0 aromatic carbocycles. The average molecular weight is 1830 g/mol. The van der Waals surface area contributed by atoms with E-state index < -0.39 is 0 Å². The number of rotatable bonds is 40. The second-order valence-corrected chi connectivity index (χ2v) is 52.1. The Hall–Kier alpha value is -3.35. The van der Waals surface area contributed by atoms with E-state index in [9.17, 15) is 0 Å². The van der Waals surface area contributed by atoms with Gasteiger partial charge in [-0.25, -0.2) is 0 Å². The first-order chi connectivity index (χ1) is 61.5. The van der Waals surface area contributed by atoms with Gasteiger partial charge in [0.1, 0.15) is 0 Å². The second kappa shape index (κ2) is 62.7. The van der Waals surface area contributed by atoms with E-state index in [0.717, 1.165) is 49.3 Å². The Balaban J connectivity index is 0.000000315. The van der Waals surface area contributed by atoms with E-state index in [1.807, 2.05) is 22.5 Å². The number of nitrogens with one attached hydrogen (secondary N) is 4. The SMILES string of the molecule is CC#CC(C)(C)Cn1cc(CC(C)(C)C)nn1.CC(C)(C)CCCCCCCN1CCNCC1.CC(C)(C)CCCCCCN1CCNCC1.CC(C)(C)CCCCCCn1cc(C2(C)CC2)cn1.CC(C)(C)CCCCCN1CCNCC1.CC(C)(C)CCCCN1CCNCC1.CC(C)(C)Cc1cn(CCCCCCN2CCCCC2)nn1.CC(C)(C)N1CC2(CCC2)C1. The summed E-state index contributed by atoms with van der Waals surface area (Å²) in [6.07, 6.45) is 58.9. The van der Waals surface area contributed by atoms with Gasteiger partial charge in [-0.05, 0) is 270 Å². The van der Waals surface area contributed by atoms with E-state index in [-0.39, 0.29) is 16.2 Å². The zero-order valence-electron chi connectivity index (χ0n) is 92.5. The van der Waals surface area contributed by atoms with Crippen molar-refractivity contribution in [3.63, 3.8) is 0 Å². The van der Waals surface area contributed by atoms with Gasteiger partial charge in [0.25, 0.3) is 0 Å². The highest BCUT2D eigenvalue weighted by atomic mass is 15.4. The van der Waals surface area contributed by atoms with E-state index in [1.54, 1.807) is 0 Å². The Morgan fingerprint density at radius 3 is 0.939 bits per heavy atom. The summed E-state index contributed by atoms with van der Waals surface area (Å²) in [6.45, 7) is 98.1. The van der Waals surface area contributed by atoms with Gasteiger partial charge in [0, 0.05) is 160 Å². The molecular formula is C113H222N18. The smallest absolute Gasteiger partial charge is 0.0832 e. The van der Waals surface area contributed by atoms with Crippen molar-refractivity contribution in [3.8, 4) is 11.8 Å². The van der Waals surface area contributed by atoms with Crippen LogP contribution in [0.2, 0.25) is 0 Å². The number of nitrogens with zero attached hydrogens (tertiary/aromatic N) is 14. The Labute approximate surface area is 813 Å². The number of unbranched alkanes of at least 4 members (excludes halogenated alkanes) is 16. The predicted molar refractivity (Wildman–Crippen MR) is 569 cm³/mol. The van der Waals surface area contributed by atoms with Crippen LogP contribution in [0, 0.1) is 60.6 Å². The standard InChI is InChI=1S/C18H34N4.C17H30N2.C15H32N2.C14H23N3.C14H30N2.C13H28N2.C12H26N2.C10H19N/c1-18(2,3)15-17-16-22(20-19-17)14-10-5-4-7-11-21-12-8-6-9-13-21;1-16(2,3)9-7-5-6-8-12-19-14-15(13-18-19)17(4)10-11-17;1-15(2,3)9-7-5-4-6-8-12-17-13-10-16-11-14-17;1-7-8-14(5,6)11-17-10-12(15-16-17)9-13(2,3)4;1-14(2,3)8-6-4-5-7-11-16-12-9-15-10-13-16;1-13(2,3)7-5-4-6-10-15-11-8-14-9-12-15;1-12(2,3)6-4-5-9-14-10-7-13-8-11-14;1-9(2,3)11-7-10(8-11)5-4-6-10/h16H,4-15H2,1-3H3;13-14H,5-12H2,1-4H3;16H,4-14H2,1-3H3;10H,9,11H2,1-6H3;15H,4-13H2,1-3H3;14H,4-12H2,1-3H3;13H,4-11H2,1-3H3;4-8H2,1-3H3. The molecule has 9 heterocycles. The van der Waals surface area contributed by atoms with Crippen molar-refractivity contribution in [1.29, 1.82) is 0 Å². The molecule has 3 aromatic heterocycles. The van der Waals surface area contributed by atoms with Gasteiger partial charge in [-0.2, -0.15) is 5.10 Å². The Kier molecular flexibility index (Phi) is 57.4. The number of aryl methyl sites for hydroxylation is 2. The zero-order valence-corrected chi connectivity index (χ0v) is 92.5. The monoisotopic (exact) mass is 1830 g/mol. The molecule has 131 heavy (non-hydrogen) atoms. The molecule has 8 fully saturated rings. The molecule has 0 atom stereocenters. The largest absolute Gasteiger partial charge is 0.314 e. The number of hydrogen-bond acceptors (Lipinski definition) is 15. The van der Waals surface area contributed by atoms with E-state index in [2.05, 4.69) is 298 Å². The first-order valence-corrected chi connectivity index (χ1v) is 54.9. The summed E-state index contributed by atoms with van der Waals surface area (Å²) in [5.74, 6) is 6.15. The topological polar surface area (TPSA) is 147 Å². The number of likely N-dealkylation sites (tertiary alicyclic amines) is 2. The summed E-state index contributed by atoms with van der Waals surface area (Å²) in [4.78, 5) is 15.6. The molecule has 764 valence electrons. The van der Waals surface area contributed by atoms with Gasteiger partial charge >= 0.3 is 0 Å². The van der Waals surface area contributed by atoms with Crippen molar-refractivity contribution < 1.29 is 0 Å². The Morgan fingerprint density at radius 1 is 0.321 bits per heavy atom.